The number of benzene rings is 1. The number of carbonyl (C=O) groups is 1. The molecule has 1 saturated carbocycles. The van der Waals surface area contributed by atoms with E-state index in [-0.39, 0.29) is 5.91 Å². The predicted octanol–water partition coefficient (Wildman–Crippen LogP) is 3.30. The predicted molar refractivity (Wildman–Crippen MR) is 85.7 cm³/mol. The van der Waals surface area contributed by atoms with Crippen LogP contribution in [0, 0.1) is 5.92 Å². The molecule has 0 saturated heterocycles. The summed E-state index contributed by atoms with van der Waals surface area (Å²) in [6, 6.07) is 5.24. The minimum absolute atomic E-state index is 0.215. The number of fused-ring (bicyclic) bond motifs is 1. The van der Waals surface area contributed by atoms with Crippen LogP contribution in [0.4, 0.5) is 5.69 Å². The van der Waals surface area contributed by atoms with E-state index in [9.17, 15) is 4.79 Å². The van der Waals surface area contributed by atoms with Gasteiger partial charge in [-0.2, -0.15) is 5.10 Å². The summed E-state index contributed by atoms with van der Waals surface area (Å²) in [5, 5.41) is 7.99. The summed E-state index contributed by atoms with van der Waals surface area (Å²) >= 11 is 0. The largest absolute Gasteiger partial charge is 0.496 e. The molecule has 1 aliphatic rings. The van der Waals surface area contributed by atoms with Gasteiger partial charge in [0.05, 0.1) is 30.6 Å². The number of nitrogens with zero attached hydrogens (tertiary/aromatic N) is 2. The van der Waals surface area contributed by atoms with Crippen LogP contribution in [0.5, 0.6) is 5.75 Å². The van der Waals surface area contributed by atoms with Crippen molar-refractivity contribution >= 4 is 22.6 Å². The van der Waals surface area contributed by atoms with Crippen LogP contribution in [-0.2, 0) is 6.54 Å². The zero-order valence-corrected chi connectivity index (χ0v) is 12.8. The lowest BCUT2D eigenvalue weighted by molar-refractivity contribution is 0.102. The van der Waals surface area contributed by atoms with Gasteiger partial charge in [-0.05, 0) is 37.0 Å². The molecule has 0 spiro atoms. The molecule has 1 aromatic carbocycles. The Morgan fingerprint density at radius 3 is 3.13 bits per heavy atom. The smallest absolute Gasteiger partial charge is 0.256 e. The van der Waals surface area contributed by atoms with E-state index in [0.29, 0.717) is 22.6 Å². The quantitative estimate of drug-likeness (QED) is 0.785. The Balaban J connectivity index is 1.55. The van der Waals surface area contributed by atoms with E-state index < -0.39 is 0 Å². The van der Waals surface area contributed by atoms with Gasteiger partial charge in [-0.25, -0.2) is 0 Å². The minimum Gasteiger partial charge on any atom is -0.496 e. The Labute approximate surface area is 133 Å². The third kappa shape index (κ3) is 2.79. The third-order valence-electron chi connectivity index (χ3n) is 4.05. The van der Waals surface area contributed by atoms with Gasteiger partial charge in [0, 0.05) is 18.3 Å². The van der Waals surface area contributed by atoms with Gasteiger partial charge in [-0.1, -0.05) is 0 Å². The molecule has 0 aliphatic heterocycles. The lowest BCUT2D eigenvalue weighted by Crippen LogP contribution is -2.11. The molecular formula is C17H17N3O3. The fraction of sp³-hybridized carbons (Fsp3) is 0.294. The summed E-state index contributed by atoms with van der Waals surface area (Å²) < 4.78 is 12.6. The molecule has 118 valence electrons. The zero-order valence-electron chi connectivity index (χ0n) is 12.8. The Kier molecular flexibility index (Phi) is 3.29. The van der Waals surface area contributed by atoms with Crippen LogP contribution >= 0.6 is 0 Å². The molecule has 0 bridgehead atoms. The Morgan fingerprint density at radius 2 is 2.35 bits per heavy atom. The fourth-order valence-corrected chi connectivity index (χ4v) is 2.63. The summed E-state index contributed by atoms with van der Waals surface area (Å²) in [5.74, 6) is 1.14. The second-order valence-electron chi connectivity index (χ2n) is 5.86. The van der Waals surface area contributed by atoms with E-state index in [4.69, 9.17) is 9.15 Å². The summed E-state index contributed by atoms with van der Waals surface area (Å²) in [7, 11) is 1.57. The second-order valence-corrected chi connectivity index (χ2v) is 5.86. The highest BCUT2D eigenvalue weighted by atomic mass is 16.5. The van der Waals surface area contributed by atoms with Crippen molar-refractivity contribution in [3.05, 3.63) is 42.4 Å². The van der Waals surface area contributed by atoms with Crippen molar-refractivity contribution in [1.29, 1.82) is 0 Å². The van der Waals surface area contributed by atoms with Gasteiger partial charge in [-0.3, -0.25) is 9.48 Å². The van der Waals surface area contributed by atoms with Crippen molar-refractivity contribution in [3.63, 3.8) is 0 Å². The number of methoxy groups -OCH3 is 1. The highest BCUT2D eigenvalue weighted by Gasteiger charge is 2.22. The van der Waals surface area contributed by atoms with E-state index in [1.807, 2.05) is 16.9 Å². The third-order valence-corrected chi connectivity index (χ3v) is 4.05. The molecule has 4 rings (SSSR count). The number of furan rings is 1. The number of rotatable bonds is 5. The Bertz CT molecular complexity index is 861. The molecule has 6 heteroatoms. The van der Waals surface area contributed by atoms with Crippen LogP contribution in [0.2, 0.25) is 0 Å². The van der Waals surface area contributed by atoms with E-state index >= 15 is 0 Å². The van der Waals surface area contributed by atoms with Gasteiger partial charge < -0.3 is 14.5 Å². The maximum atomic E-state index is 12.4. The van der Waals surface area contributed by atoms with Gasteiger partial charge in [-0.15, -0.1) is 0 Å². The van der Waals surface area contributed by atoms with Crippen molar-refractivity contribution in [2.75, 3.05) is 12.4 Å². The van der Waals surface area contributed by atoms with Crippen molar-refractivity contribution in [1.82, 2.24) is 9.78 Å². The molecule has 3 aromatic rings. The first-order valence-corrected chi connectivity index (χ1v) is 7.62. The molecule has 2 aromatic heterocycles. The molecule has 6 nitrogen and oxygen atoms in total. The number of amides is 1. The molecule has 23 heavy (non-hydrogen) atoms. The Hall–Kier alpha value is -2.76. The maximum Gasteiger partial charge on any atom is 0.256 e. The lowest BCUT2D eigenvalue weighted by Gasteiger charge is -2.06. The van der Waals surface area contributed by atoms with E-state index in [2.05, 4.69) is 10.4 Å². The van der Waals surface area contributed by atoms with Crippen LogP contribution in [0.3, 0.4) is 0 Å². The van der Waals surface area contributed by atoms with Crippen LogP contribution in [0.25, 0.3) is 11.0 Å². The van der Waals surface area contributed by atoms with E-state index in [1.54, 1.807) is 31.7 Å². The molecule has 1 N–H and O–H groups in total. The number of carbonyl (C=O) groups excluding carboxylic acids is 1. The fourth-order valence-electron chi connectivity index (χ4n) is 2.63. The molecule has 0 radical (unpaired) electrons. The first kappa shape index (κ1) is 13.9. The highest BCUT2D eigenvalue weighted by molar-refractivity contribution is 6.06. The maximum absolute atomic E-state index is 12.4. The van der Waals surface area contributed by atoms with Gasteiger partial charge in [0.25, 0.3) is 5.91 Å². The van der Waals surface area contributed by atoms with Crippen molar-refractivity contribution in [2.24, 2.45) is 5.92 Å². The average molecular weight is 311 g/mol. The van der Waals surface area contributed by atoms with Crippen molar-refractivity contribution in [2.45, 2.75) is 19.4 Å². The number of aromatic nitrogens is 2. The molecule has 2 heterocycles. The second kappa shape index (κ2) is 5.46. The molecule has 0 unspecified atom stereocenters. The van der Waals surface area contributed by atoms with Crippen LogP contribution < -0.4 is 10.1 Å². The van der Waals surface area contributed by atoms with Crippen LogP contribution in [-0.4, -0.2) is 22.8 Å². The van der Waals surface area contributed by atoms with Gasteiger partial charge in [0.1, 0.15) is 11.3 Å². The SMILES string of the molecule is COc1cc(C(=O)Nc2cnn(CC3CC3)c2)cc2occc12. The number of nitrogens with one attached hydrogen (secondary N) is 1. The molecular weight excluding hydrogens is 294 g/mol. The first-order valence-electron chi connectivity index (χ1n) is 7.62. The number of hydrogen-bond donors (Lipinski definition) is 1. The number of hydrogen-bond acceptors (Lipinski definition) is 4. The molecule has 0 atom stereocenters. The Morgan fingerprint density at radius 1 is 1.48 bits per heavy atom. The van der Waals surface area contributed by atoms with Crippen molar-refractivity contribution in [3.8, 4) is 5.75 Å². The van der Waals surface area contributed by atoms with Gasteiger partial charge in [0.15, 0.2) is 0 Å². The molecule has 1 fully saturated rings. The normalized spacial score (nSPS) is 14.1. The van der Waals surface area contributed by atoms with Gasteiger partial charge in [0.2, 0.25) is 0 Å². The van der Waals surface area contributed by atoms with Crippen molar-refractivity contribution < 1.29 is 13.9 Å². The number of anilines is 1. The summed E-state index contributed by atoms with van der Waals surface area (Å²) in [6.07, 6.45) is 7.65. The van der Waals surface area contributed by atoms with Crippen LogP contribution in [0.1, 0.15) is 23.2 Å². The van der Waals surface area contributed by atoms with Gasteiger partial charge >= 0.3 is 0 Å². The number of ether oxygens (including phenoxy) is 1. The highest BCUT2D eigenvalue weighted by Crippen LogP contribution is 2.31. The molecule has 1 aliphatic carbocycles. The zero-order chi connectivity index (χ0) is 15.8. The monoisotopic (exact) mass is 311 g/mol. The first-order chi connectivity index (χ1) is 11.2. The summed E-state index contributed by atoms with van der Waals surface area (Å²) in [5.41, 5.74) is 1.80. The van der Waals surface area contributed by atoms with Crippen LogP contribution in [0.15, 0.2) is 41.3 Å². The lowest BCUT2D eigenvalue weighted by atomic mass is 10.1. The van der Waals surface area contributed by atoms with E-state index in [1.165, 1.54) is 12.8 Å². The topological polar surface area (TPSA) is 69.3 Å². The minimum atomic E-state index is -0.215. The summed E-state index contributed by atoms with van der Waals surface area (Å²) in [4.78, 5) is 12.4. The van der Waals surface area contributed by atoms with E-state index in [0.717, 1.165) is 17.8 Å². The summed E-state index contributed by atoms with van der Waals surface area (Å²) in [6.45, 7) is 0.919. The molecule has 1 amide bonds. The standard InChI is InChI=1S/C17H17N3O3/c1-22-15-6-12(7-16-14(15)4-5-23-16)17(21)19-13-8-18-20(10-13)9-11-2-3-11/h4-8,10-11H,2-3,9H2,1H3,(H,19,21). The average Bonchev–Trinajstić information content (AvgIpc) is 3.06.